The Kier molecular flexibility index (Phi) is 4.55. The van der Waals surface area contributed by atoms with Gasteiger partial charge in [0.2, 0.25) is 0 Å². The predicted molar refractivity (Wildman–Crippen MR) is 69.5 cm³/mol. The molecule has 0 bridgehead atoms. The molecule has 0 amide bonds. The van der Waals surface area contributed by atoms with E-state index in [9.17, 15) is 4.39 Å². The van der Waals surface area contributed by atoms with Gasteiger partial charge in [-0.05, 0) is 49.4 Å². The summed E-state index contributed by atoms with van der Waals surface area (Å²) < 4.78 is 12.9. The van der Waals surface area contributed by atoms with Gasteiger partial charge < -0.3 is 5.32 Å². The number of nitrogens with one attached hydrogen (secondary N) is 1. The first kappa shape index (κ1) is 12.6. The molecule has 1 saturated carbocycles. The summed E-state index contributed by atoms with van der Waals surface area (Å²) in [4.78, 5) is 0. The summed E-state index contributed by atoms with van der Waals surface area (Å²) in [6, 6.07) is 7.51. The average Bonchev–Trinajstić information content (AvgIpc) is 2.85. The third kappa shape index (κ3) is 3.53. The topological polar surface area (TPSA) is 12.0 Å². The standard InChI is InChI=1S/C15H22FN/c1-2-17-15(13-5-3-4-6-13)11-12-7-9-14(16)10-8-12/h7-10,13,15,17H,2-6,11H2,1H3. The fraction of sp³-hybridized carbons (Fsp3) is 0.600. The van der Waals surface area contributed by atoms with Gasteiger partial charge in [0.1, 0.15) is 5.82 Å². The van der Waals surface area contributed by atoms with Crippen molar-refractivity contribution in [3.63, 3.8) is 0 Å². The van der Waals surface area contributed by atoms with Gasteiger partial charge in [-0.3, -0.25) is 0 Å². The summed E-state index contributed by atoms with van der Waals surface area (Å²) >= 11 is 0. The highest BCUT2D eigenvalue weighted by Gasteiger charge is 2.24. The lowest BCUT2D eigenvalue weighted by Gasteiger charge is -2.24. The Balaban J connectivity index is 1.98. The van der Waals surface area contributed by atoms with E-state index in [-0.39, 0.29) is 5.82 Å². The molecule has 1 aliphatic rings. The molecule has 17 heavy (non-hydrogen) atoms. The second-order valence-corrected chi connectivity index (χ2v) is 5.04. The summed E-state index contributed by atoms with van der Waals surface area (Å²) in [5.74, 6) is 0.662. The molecule has 1 N–H and O–H groups in total. The Hall–Kier alpha value is -0.890. The number of likely N-dealkylation sites (N-methyl/N-ethyl adjacent to an activating group) is 1. The van der Waals surface area contributed by atoms with Crippen molar-refractivity contribution < 1.29 is 4.39 Å². The van der Waals surface area contributed by atoms with Gasteiger partial charge in [-0.1, -0.05) is 31.9 Å². The van der Waals surface area contributed by atoms with E-state index < -0.39 is 0 Å². The zero-order valence-corrected chi connectivity index (χ0v) is 10.6. The monoisotopic (exact) mass is 235 g/mol. The number of rotatable bonds is 5. The molecule has 0 radical (unpaired) electrons. The van der Waals surface area contributed by atoms with E-state index in [4.69, 9.17) is 0 Å². The Morgan fingerprint density at radius 1 is 1.24 bits per heavy atom. The SMILES string of the molecule is CCNC(Cc1ccc(F)cc1)C1CCCC1. The van der Waals surface area contributed by atoms with Crippen LogP contribution >= 0.6 is 0 Å². The van der Waals surface area contributed by atoms with Gasteiger partial charge in [0.05, 0.1) is 0 Å². The largest absolute Gasteiger partial charge is 0.314 e. The maximum atomic E-state index is 12.9. The molecule has 1 fully saturated rings. The van der Waals surface area contributed by atoms with E-state index >= 15 is 0 Å². The molecule has 0 aliphatic heterocycles. The van der Waals surface area contributed by atoms with Gasteiger partial charge in [-0.25, -0.2) is 4.39 Å². The Morgan fingerprint density at radius 3 is 2.47 bits per heavy atom. The first-order valence-electron chi connectivity index (χ1n) is 6.77. The number of halogens is 1. The normalized spacial score (nSPS) is 18.5. The van der Waals surface area contributed by atoms with Crippen molar-refractivity contribution in [2.75, 3.05) is 6.54 Å². The van der Waals surface area contributed by atoms with Gasteiger partial charge in [-0.2, -0.15) is 0 Å². The Morgan fingerprint density at radius 2 is 1.88 bits per heavy atom. The molecule has 0 heterocycles. The molecule has 1 nitrogen and oxygen atoms in total. The third-order valence-corrected chi connectivity index (χ3v) is 3.80. The van der Waals surface area contributed by atoms with Gasteiger partial charge in [0, 0.05) is 6.04 Å². The third-order valence-electron chi connectivity index (χ3n) is 3.80. The number of hydrogen-bond donors (Lipinski definition) is 1. The molecule has 1 atom stereocenters. The van der Waals surface area contributed by atoms with Crippen LogP contribution in [0, 0.1) is 11.7 Å². The van der Waals surface area contributed by atoms with Crippen LogP contribution in [0.2, 0.25) is 0 Å². The quantitative estimate of drug-likeness (QED) is 0.823. The van der Waals surface area contributed by atoms with E-state index in [0.29, 0.717) is 6.04 Å². The molecule has 0 saturated heterocycles. The van der Waals surface area contributed by atoms with Crippen LogP contribution in [-0.2, 0) is 6.42 Å². The van der Waals surface area contributed by atoms with Crippen molar-refractivity contribution in [2.24, 2.45) is 5.92 Å². The van der Waals surface area contributed by atoms with E-state index in [1.54, 1.807) is 12.1 Å². The molecular weight excluding hydrogens is 213 g/mol. The van der Waals surface area contributed by atoms with Crippen molar-refractivity contribution in [1.82, 2.24) is 5.32 Å². The fourth-order valence-corrected chi connectivity index (χ4v) is 2.90. The van der Waals surface area contributed by atoms with Crippen LogP contribution in [0.4, 0.5) is 4.39 Å². The first-order valence-corrected chi connectivity index (χ1v) is 6.77. The second kappa shape index (κ2) is 6.15. The minimum atomic E-state index is -0.144. The molecule has 1 aromatic carbocycles. The summed E-state index contributed by atoms with van der Waals surface area (Å²) in [6.07, 6.45) is 6.46. The van der Waals surface area contributed by atoms with Gasteiger partial charge >= 0.3 is 0 Å². The van der Waals surface area contributed by atoms with Crippen molar-refractivity contribution >= 4 is 0 Å². The van der Waals surface area contributed by atoms with Gasteiger partial charge in [-0.15, -0.1) is 0 Å². The summed E-state index contributed by atoms with van der Waals surface area (Å²) in [7, 11) is 0. The molecule has 1 unspecified atom stereocenters. The highest BCUT2D eigenvalue weighted by atomic mass is 19.1. The van der Waals surface area contributed by atoms with Crippen LogP contribution < -0.4 is 5.32 Å². The predicted octanol–water partition coefficient (Wildman–Crippen LogP) is 3.54. The maximum Gasteiger partial charge on any atom is 0.123 e. The zero-order valence-electron chi connectivity index (χ0n) is 10.6. The Bertz CT molecular complexity index is 327. The summed E-state index contributed by atoms with van der Waals surface area (Å²) in [5, 5.41) is 3.59. The lowest BCUT2D eigenvalue weighted by atomic mass is 9.92. The van der Waals surface area contributed by atoms with Crippen LogP contribution in [0.5, 0.6) is 0 Å². The average molecular weight is 235 g/mol. The van der Waals surface area contributed by atoms with E-state index in [1.165, 1.54) is 31.2 Å². The van der Waals surface area contributed by atoms with Gasteiger partial charge in [0.15, 0.2) is 0 Å². The van der Waals surface area contributed by atoms with Crippen molar-refractivity contribution in [3.8, 4) is 0 Å². The van der Waals surface area contributed by atoms with E-state index in [2.05, 4.69) is 12.2 Å². The summed E-state index contributed by atoms with van der Waals surface area (Å²) in [5.41, 5.74) is 1.24. The molecule has 2 heteroatoms. The number of benzene rings is 1. The lowest BCUT2D eigenvalue weighted by molar-refractivity contribution is 0.362. The lowest BCUT2D eigenvalue weighted by Crippen LogP contribution is -2.36. The second-order valence-electron chi connectivity index (χ2n) is 5.04. The van der Waals surface area contributed by atoms with Crippen LogP contribution in [0.15, 0.2) is 24.3 Å². The summed E-state index contributed by atoms with van der Waals surface area (Å²) in [6.45, 7) is 3.18. The molecule has 1 aliphatic carbocycles. The van der Waals surface area contributed by atoms with Crippen LogP contribution in [0.3, 0.4) is 0 Å². The van der Waals surface area contributed by atoms with Gasteiger partial charge in [0.25, 0.3) is 0 Å². The van der Waals surface area contributed by atoms with Crippen molar-refractivity contribution in [3.05, 3.63) is 35.6 Å². The van der Waals surface area contributed by atoms with Crippen LogP contribution in [-0.4, -0.2) is 12.6 Å². The molecule has 1 aromatic rings. The molecule has 2 rings (SSSR count). The highest BCUT2D eigenvalue weighted by Crippen LogP contribution is 2.29. The maximum absolute atomic E-state index is 12.9. The molecular formula is C15H22FN. The minimum Gasteiger partial charge on any atom is -0.314 e. The zero-order chi connectivity index (χ0) is 12.1. The Labute approximate surface area is 103 Å². The fourth-order valence-electron chi connectivity index (χ4n) is 2.90. The smallest absolute Gasteiger partial charge is 0.123 e. The number of hydrogen-bond acceptors (Lipinski definition) is 1. The van der Waals surface area contributed by atoms with E-state index in [0.717, 1.165) is 18.9 Å². The first-order chi connectivity index (χ1) is 8.29. The minimum absolute atomic E-state index is 0.144. The molecule has 0 spiro atoms. The highest BCUT2D eigenvalue weighted by molar-refractivity contribution is 5.17. The van der Waals surface area contributed by atoms with Crippen molar-refractivity contribution in [1.29, 1.82) is 0 Å². The molecule has 94 valence electrons. The van der Waals surface area contributed by atoms with Crippen LogP contribution in [0.25, 0.3) is 0 Å². The van der Waals surface area contributed by atoms with Crippen LogP contribution in [0.1, 0.15) is 38.2 Å². The molecule has 0 aromatic heterocycles. The van der Waals surface area contributed by atoms with E-state index in [1.807, 2.05) is 12.1 Å². The van der Waals surface area contributed by atoms with Crippen molar-refractivity contribution in [2.45, 2.75) is 45.1 Å².